The molecule has 1 aliphatic heterocycles. The third-order valence-corrected chi connectivity index (χ3v) is 5.93. The number of amides is 1. The Bertz CT molecular complexity index is 1040. The molecular weight excluding hydrogens is 402 g/mol. The quantitative estimate of drug-likeness (QED) is 0.578. The number of nitrogens with zero attached hydrogens (tertiary/aromatic N) is 1. The second-order valence-electron chi connectivity index (χ2n) is 8.08. The number of carbonyl (C=O) groups is 1. The molecular formula is C26H29N3O3. The fraction of sp³-hybridized carbons (Fsp3) is 0.308. The zero-order valence-electron chi connectivity index (χ0n) is 18.3. The maximum atomic E-state index is 11.9. The van der Waals surface area contributed by atoms with E-state index in [1.807, 2.05) is 61.5 Å². The van der Waals surface area contributed by atoms with Crippen molar-refractivity contribution in [3.8, 4) is 17.0 Å². The lowest BCUT2D eigenvalue weighted by Crippen LogP contribution is -2.50. The summed E-state index contributed by atoms with van der Waals surface area (Å²) in [5.41, 5.74) is 8.87. The van der Waals surface area contributed by atoms with Crippen molar-refractivity contribution in [2.45, 2.75) is 37.8 Å². The molecule has 1 aliphatic rings. The zero-order chi connectivity index (χ0) is 22.4. The van der Waals surface area contributed by atoms with E-state index in [9.17, 15) is 4.79 Å². The number of piperidine rings is 1. The van der Waals surface area contributed by atoms with E-state index in [1.54, 1.807) is 6.20 Å². The van der Waals surface area contributed by atoms with Crippen LogP contribution in [0.5, 0.6) is 5.88 Å². The number of hydrogen-bond acceptors (Lipinski definition) is 5. The van der Waals surface area contributed by atoms with Crippen molar-refractivity contribution < 1.29 is 14.3 Å². The maximum absolute atomic E-state index is 11.9. The van der Waals surface area contributed by atoms with Gasteiger partial charge in [-0.05, 0) is 48.7 Å². The normalized spacial score (nSPS) is 20.5. The van der Waals surface area contributed by atoms with Gasteiger partial charge in [0.15, 0.2) is 0 Å². The van der Waals surface area contributed by atoms with Crippen molar-refractivity contribution >= 4 is 6.09 Å². The number of ether oxygens (including phenoxy) is 2. The van der Waals surface area contributed by atoms with Crippen LogP contribution in [-0.2, 0) is 16.8 Å². The first-order valence-corrected chi connectivity index (χ1v) is 11.0. The van der Waals surface area contributed by atoms with E-state index in [1.165, 1.54) is 5.56 Å². The molecule has 0 radical (unpaired) electrons. The van der Waals surface area contributed by atoms with Gasteiger partial charge in [-0.15, -0.1) is 0 Å². The summed E-state index contributed by atoms with van der Waals surface area (Å²) in [6.45, 7) is 3.23. The topological polar surface area (TPSA) is 86.5 Å². The lowest BCUT2D eigenvalue weighted by Gasteiger charge is -2.41. The maximum Gasteiger partial charge on any atom is 0.405 e. The van der Waals surface area contributed by atoms with Gasteiger partial charge in [0.25, 0.3) is 0 Å². The summed E-state index contributed by atoms with van der Waals surface area (Å²) >= 11 is 0. The molecule has 6 heteroatoms. The largest absolute Gasteiger partial charge is 0.478 e. The van der Waals surface area contributed by atoms with Crippen LogP contribution in [0.4, 0.5) is 4.79 Å². The van der Waals surface area contributed by atoms with Gasteiger partial charge in [0, 0.05) is 30.6 Å². The Morgan fingerprint density at radius 2 is 1.91 bits per heavy atom. The lowest BCUT2D eigenvalue weighted by molar-refractivity contribution is -0.0229. The van der Waals surface area contributed by atoms with Gasteiger partial charge < -0.3 is 20.5 Å². The van der Waals surface area contributed by atoms with E-state index < -0.39 is 11.7 Å². The number of pyridine rings is 1. The molecule has 3 aromatic rings. The predicted octanol–water partition coefficient (Wildman–Crippen LogP) is 4.43. The summed E-state index contributed by atoms with van der Waals surface area (Å²) < 4.78 is 11.5. The van der Waals surface area contributed by atoms with E-state index in [4.69, 9.17) is 15.2 Å². The van der Waals surface area contributed by atoms with Gasteiger partial charge >= 0.3 is 6.09 Å². The Hall–Kier alpha value is -3.38. The number of nitrogens with one attached hydrogen (secondary N) is 1. The zero-order valence-corrected chi connectivity index (χ0v) is 18.3. The molecule has 1 amide bonds. The van der Waals surface area contributed by atoms with Gasteiger partial charge in [-0.1, -0.05) is 54.6 Å². The predicted molar refractivity (Wildman–Crippen MR) is 124 cm³/mol. The number of rotatable bonds is 7. The summed E-state index contributed by atoms with van der Waals surface area (Å²) in [5, 5.41) is 3.57. The van der Waals surface area contributed by atoms with Crippen LogP contribution in [0.25, 0.3) is 11.1 Å². The lowest BCUT2D eigenvalue weighted by atomic mass is 9.79. The highest BCUT2D eigenvalue weighted by Crippen LogP contribution is 2.39. The Kier molecular flexibility index (Phi) is 6.71. The summed E-state index contributed by atoms with van der Waals surface area (Å²) in [7, 11) is 0. The van der Waals surface area contributed by atoms with Crippen molar-refractivity contribution in [1.82, 2.24) is 10.3 Å². The Morgan fingerprint density at radius 3 is 2.62 bits per heavy atom. The van der Waals surface area contributed by atoms with Crippen LogP contribution in [0.2, 0.25) is 0 Å². The average molecular weight is 432 g/mol. The fourth-order valence-corrected chi connectivity index (χ4v) is 4.52. The molecule has 2 atom stereocenters. The highest BCUT2D eigenvalue weighted by molar-refractivity contribution is 5.69. The molecule has 4 rings (SSSR count). The summed E-state index contributed by atoms with van der Waals surface area (Å²) in [5.74, 6) is 0.607. The van der Waals surface area contributed by atoms with Gasteiger partial charge in [0.2, 0.25) is 5.88 Å². The minimum Gasteiger partial charge on any atom is -0.478 e. The number of primary amides is 1. The van der Waals surface area contributed by atoms with Crippen molar-refractivity contribution in [1.29, 1.82) is 0 Å². The average Bonchev–Trinajstić information content (AvgIpc) is 2.80. The van der Waals surface area contributed by atoms with Gasteiger partial charge in [-0.2, -0.15) is 0 Å². The molecule has 2 heterocycles. The highest BCUT2D eigenvalue weighted by atomic mass is 16.6. The summed E-state index contributed by atoms with van der Waals surface area (Å²) in [6, 6.07) is 22.5. The van der Waals surface area contributed by atoms with Crippen LogP contribution in [0.15, 0.2) is 72.9 Å². The van der Waals surface area contributed by atoms with Crippen LogP contribution in [0.3, 0.4) is 0 Å². The molecule has 2 aromatic carbocycles. The number of hydrogen-bond donors (Lipinski definition) is 2. The van der Waals surface area contributed by atoms with E-state index in [0.717, 1.165) is 29.7 Å². The first-order chi connectivity index (χ1) is 15.6. The molecule has 0 saturated carbocycles. The molecule has 3 N–H and O–H groups in total. The van der Waals surface area contributed by atoms with E-state index in [2.05, 4.69) is 22.4 Å². The molecule has 1 fully saturated rings. The Morgan fingerprint density at radius 1 is 1.12 bits per heavy atom. The first kappa shape index (κ1) is 21.8. The van der Waals surface area contributed by atoms with Crippen LogP contribution in [0, 0.1) is 0 Å². The number of benzene rings is 2. The van der Waals surface area contributed by atoms with Crippen molar-refractivity contribution in [3.63, 3.8) is 0 Å². The smallest absolute Gasteiger partial charge is 0.405 e. The number of aromatic nitrogens is 1. The monoisotopic (exact) mass is 431 g/mol. The minimum absolute atomic E-state index is 0.174. The minimum atomic E-state index is -0.757. The first-order valence-electron chi connectivity index (χ1n) is 11.0. The van der Waals surface area contributed by atoms with Crippen molar-refractivity contribution in [2.24, 2.45) is 5.73 Å². The molecule has 6 nitrogen and oxygen atoms in total. The SMILES string of the molecule is CCOc1ncccc1-c1ccc(C2(OC(N)=O)CCNC(Cc3ccccc3)C2)cc1. The third kappa shape index (κ3) is 4.92. The van der Waals surface area contributed by atoms with Crippen LogP contribution >= 0.6 is 0 Å². The van der Waals surface area contributed by atoms with Crippen LogP contribution in [-0.4, -0.2) is 30.3 Å². The Labute approximate surface area is 188 Å². The number of carbonyl (C=O) groups excluding carboxylic acids is 1. The number of nitrogens with two attached hydrogens (primary N) is 1. The van der Waals surface area contributed by atoms with Gasteiger partial charge in [-0.25, -0.2) is 9.78 Å². The van der Waals surface area contributed by atoms with Crippen molar-refractivity contribution in [3.05, 3.63) is 84.1 Å². The van der Waals surface area contributed by atoms with Gasteiger partial charge in [0.1, 0.15) is 5.60 Å². The fourth-order valence-electron chi connectivity index (χ4n) is 4.52. The van der Waals surface area contributed by atoms with Crippen LogP contribution in [0.1, 0.15) is 30.9 Å². The summed E-state index contributed by atoms with van der Waals surface area (Å²) in [6.07, 6.45) is 3.15. The molecule has 1 saturated heterocycles. The second kappa shape index (κ2) is 9.83. The van der Waals surface area contributed by atoms with Crippen LogP contribution < -0.4 is 15.8 Å². The molecule has 32 heavy (non-hydrogen) atoms. The summed E-state index contributed by atoms with van der Waals surface area (Å²) in [4.78, 5) is 16.2. The molecule has 166 valence electrons. The van der Waals surface area contributed by atoms with Gasteiger partial charge in [0.05, 0.1) is 6.61 Å². The third-order valence-electron chi connectivity index (χ3n) is 5.93. The van der Waals surface area contributed by atoms with E-state index in [0.29, 0.717) is 25.3 Å². The molecule has 2 unspecified atom stereocenters. The molecule has 0 aliphatic carbocycles. The highest BCUT2D eigenvalue weighted by Gasteiger charge is 2.41. The standard InChI is InChI=1S/C26H29N3O3/c1-2-31-24-23(9-6-15-29-24)20-10-12-21(13-11-20)26(32-25(27)30)14-16-28-22(18-26)17-19-7-4-3-5-8-19/h3-13,15,22,28H,2,14,16-18H2,1H3,(H2,27,30). The van der Waals surface area contributed by atoms with Crippen molar-refractivity contribution in [2.75, 3.05) is 13.2 Å². The Balaban J connectivity index is 1.61. The molecule has 1 aromatic heterocycles. The van der Waals surface area contributed by atoms with E-state index >= 15 is 0 Å². The van der Waals surface area contributed by atoms with Gasteiger partial charge in [-0.3, -0.25) is 0 Å². The second-order valence-corrected chi connectivity index (χ2v) is 8.08. The molecule has 0 spiro atoms. The molecule has 0 bridgehead atoms. The van der Waals surface area contributed by atoms with E-state index in [-0.39, 0.29) is 6.04 Å².